The van der Waals surface area contributed by atoms with Crippen LogP contribution in [0.2, 0.25) is 0 Å². The molecule has 2 aromatic carbocycles. The number of ether oxygens (including phenoxy) is 2. The van der Waals surface area contributed by atoms with Crippen molar-refractivity contribution in [3.8, 4) is 0 Å². The molecule has 0 N–H and O–H groups in total. The molecule has 3 unspecified atom stereocenters. The van der Waals surface area contributed by atoms with E-state index in [2.05, 4.69) is 26.0 Å². The maximum Gasteiger partial charge on any atom is 0.338 e. The number of hydrogen-bond donors (Lipinski definition) is 0. The first kappa shape index (κ1) is 26.4. The number of benzene rings is 2. The Balaban J connectivity index is 2.08. The summed E-state index contributed by atoms with van der Waals surface area (Å²) in [6.45, 7) is 8.11. The maximum atomic E-state index is 12.9. The maximum absolute atomic E-state index is 12.9. The Hall–Kier alpha value is -2.88. The summed E-state index contributed by atoms with van der Waals surface area (Å²) in [7, 11) is 0. The summed E-state index contributed by atoms with van der Waals surface area (Å²) in [5.74, 6) is -0.514. The minimum atomic E-state index is -0.781. The van der Waals surface area contributed by atoms with Crippen LogP contribution >= 0.6 is 0 Å². The van der Waals surface area contributed by atoms with Crippen LogP contribution < -0.4 is 0 Å². The van der Waals surface area contributed by atoms with E-state index in [1.165, 1.54) is 19.3 Å². The van der Waals surface area contributed by atoms with Gasteiger partial charge in [-0.3, -0.25) is 0 Å². The molecule has 0 amide bonds. The van der Waals surface area contributed by atoms with Crippen molar-refractivity contribution < 1.29 is 19.1 Å². The number of carbonyl (C=O) groups is 2. The fourth-order valence-electron chi connectivity index (χ4n) is 4.09. The molecule has 33 heavy (non-hydrogen) atoms. The van der Waals surface area contributed by atoms with Gasteiger partial charge in [0.1, 0.15) is 11.7 Å². The average molecular weight is 451 g/mol. The number of hydrogen-bond acceptors (Lipinski definition) is 4. The third-order valence-electron chi connectivity index (χ3n) is 5.58. The standard InChI is InChI=1S/C29H38O4/c1-5-6-7-8-11-16-23(2)21-29(4,33-28(31)26-19-14-10-15-20-26)22-24(3)32-27(30)25-17-12-9-13-18-25/h9-20,23-24H,5-8,21-22H2,1-4H3. The van der Waals surface area contributed by atoms with Crippen LogP contribution in [-0.4, -0.2) is 23.6 Å². The summed E-state index contributed by atoms with van der Waals surface area (Å²) in [5.41, 5.74) is 0.243. The summed E-state index contributed by atoms with van der Waals surface area (Å²) < 4.78 is 11.7. The first-order valence-electron chi connectivity index (χ1n) is 12.0. The third-order valence-corrected chi connectivity index (χ3v) is 5.58. The molecule has 0 aliphatic heterocycles. The van der Waals surface area contributed by atoms with Crippen molar-refractivity contribution in [2.24, 2.45) is 5.92 Å². The van der Waals surface area contributed by atoms with E-state index < -0.39 is 11.7 Å². The molecule has 0 saturated heterocycles. The summed E-state index contributed by atoms with van der Waals surface area (Å²) in [4.78, 5) is 25.3. The number of esters is 2. The van der Waals surface area contributed by atoms with Gasteiger partial charge in [0.2, 0.25) is 0 Å². The molecule has 0 aliphatic rings. The first-order chi connectivity index (χ1) is 15.8. The largest absolute Gasteiger partial charge is 0.459 e. The Kier molecular flexibility index (Phi) is 10.9. The van der Waals surface area contributed by atoms with Crippen LogP contribution in [0.1, 0.15) is 86.9 Å². The highest BCUT2D eigenvalue weighted by atomic mass is 16.6. The molecular formula is C29H38O4. The van der Waals surface area contributed by atoms with Gasteiger partial charge in [-0.2, -0.15) is 0 Å². The van der Waals surface area contributed by atoms with E-state index in [4.69, 9.17) is 9.47 Å². The van der Waals surface area contributed by atoms with E-state index in [1.54, 1.807) is 24.3 Å². The number of allylic oxidation sites excluding steroid dienone is 2. The number of carbonyl (C=O) groups excluding carboxylic acids is 2. The smallest absolute Gasteiger partial charge is 0.338 e. The monoisotopic (exact) mass is 450 g/mol. The molecule has 2 rings (SSSR count). The van der Waals surface area contributed by atoms with Crippen molar-refractivity contribution in [3.63, 3.8) is 0 Å². The zero-order valence-electron chi connectivity index (χ0n) is 20.5. The second kappa shape index (κ2) is 13.6. The van der Waals surface area contributed by atoms with Gasteiger partial charge in [0.05, 0.1) is 11.1 Å². The van der Waals surface area contributed by atoms with Crippen LogP contribution in [0.4, 0.5) is 0 Å². The summed E-state index contributed by atoms with van der Waals surface area (Å²) >= 11 is 0. The van der Waals surface area contributed by atoms with Gasteiger partial charge in [-0.1, -0.05) is 75.2 Å². The molecule has 0 heterocycles. The predicted octanol–water partition coefficient (Wildman–Crippen LogP) is 7.40. The van der Waals surface area contributed by atoms with Crippen molar-refractivity contribution in [1.82, 2.24) is 0 Å². The lowest BCUT2D eigenvalue weighted by Crippen LogP contribution is -2.38. The third kappa shape index (κ3) is 9.65. The quantitative estimate of drug-likeness (QED) is 0.181. The Labute approximate surface area is 199 Å². The van der Waals surface area contributed by atoms with Crippen LogP contribution in [-0.2, 0) is 9.47 Å². The molecule has 0 fully saturated rings. The molecular weight excluding hydrogens is 412 g/mol. The Morgan fingerprint density at radius 2 is 1.45 bits per heavy atom. The molecule has 0 bridgehead atoms. The lowest BCUT2D eigenvalue weighted by Gasteiger charge is -2.33. The van der Waals surface area contributed by atoms with E-state index in [0.29, 0.717) is 24.0 Å². The molecule has 0 radical (unpaired) electrons. The molecule has 178 valence electrons. The molecule has 4 nitrogen and oxygen atoms in total. The summed E-state index contributed by atoms with van der Waals surface area (Å²) in [6, 6.07) is 17.9. The highest BCUT2D eigenvalue weighted by Crippen LogP contribution is 2.30. The lowest BCUT2D eigenvalue weighted by atomic mass is 9.87. The SMILES string of the molecule is CCCCCC=CC(C)CC(C)(CC(C)OC(=O)c1ccccc1)OC(=O)c1ccccc1. The van der Waals surface area contributed by atoms with E-state index in [-0.39, 0.29) is 17.9 Å². The predicted molar refractivity (Wildman–Crippen MR) is 133 cm³/mol. The van der Waals surface area contributed by atoms with Crippen molar-refractivity contribution >= 4 is 11.9 Å². The van der Waals surface area contributed by atoms with Gasteiger partial charge in [-0.25, -0.2) is 9.59 Å². The molecule has 0 aliphatic carbocycles. The molecule has 2 aromatic rings. The normalized spacial score (nSPS) is 14.9. The Bertz CT molecular complexity index is 875. The van der Waals surface area contributed by atoms with Gasteiger partial charge in [0.25, 0.3) is 0 Å². The summed E-state index contributed by atoms with van der Waals surface area (Å²) in [5, 5.41) is 0. The minimum Gasteiger partial charge on any atom is -0.459 e. The fraction of sp³-hybridized carbons (Fsp3) is 0.448. The lowest BCUT2D eigenvalue weighted by molar-refractivity contribution is -0.0443. The van der Waals surface area contributed by atoms with Crippen molar-refractivity contribution in [3.05, 3.63) is 83.9 Å². The van der Waals surface area contributed by atoms with Gasteiger partial charge >= 0.3 is 11.9 Å². The zero-order valence-corrected chi connectivity index (χ0v) is 20.5. The summed E-state index contributed by atoms with van der Waals surface area (Å²) in [6.07, 6.45) is 9.75. The van der Waals surface area contributed by atoms with Crippen molar-refractivity contribution in [1.29, 1.82) is 0 Å². The van der Waals surface area contributed by atoms with Crippen LogP contribution in [0.5, 0.6) is 0 Å². The van der Waals surface area contributed by atoms with Crippen LogP contribution in [0.3, 0.4) is 0 Å². The van der Waals surface area contributed by atoms with E-state index in [0.717, 1.165) is 6.42 Å². The van der Waals surface area contributed by atoms with Gasteiger partial charge < -0.3 is 9.47 Å². The molecule has 3 atom stereocenters. The Morgan fingerprint density at radius 1 is 0.879 bits per heavy atom. The number of rotatable bonds is 13. The molecule has 4 heteroatoms. The van der Waals surface area contributed by atoms with E-state index in [9.17, 15) is 9.59 Å². The zero-order chi connectivity index (χ0) is 24.1. The minimum absolute atomic E-state index is 0.220. The fourth-order valence-corrected chi connectivity index (χ4v) is 4.09. The second-order valence-corrected chi connectivity index (χ2v) is 9.10. The van der Waals surface area contributed by atoms with Gasteiger partial charge in [0.15, 0.2) is 0 Å². The van der Waals surface area contributed by atoms with Crippen molar-refractivity contribution in [2.45, 2.75) is 77.9 Å². The Morgan fingerprint density at radius 3 is 2.03 bits per heavy atom. The first-order valence-corrected chi connectivity index (χ1v) is 12.0. The topological polar surface area (TPSA) is 52.6 Å². The molecule has 0 saturated carbocycles. The van der Waals surface area contributed by atoms with Gasteiger partial charge in [-0.15, -0.1) is 0 Å². The highest BCUT2D eigenvalue weighted by Gasteiger charge is 2.34. The molecule has 0 spiro atoms. The van der Waals surface area contributed by atoms with Gasteiger partial charge in [0, 0.05) is 6.42 Å². The van der Waals surface area contributed by atoms with Gasteiger partial charge in [-0.05, 0) is 63.3 Å². The van der Waals surface area contributed by atoms with E-state index >= 15 is 0 Å². The average Bonchev–Trinajstić information content (AvgIpc) is 2.79. The van der Waals surface area contributed by atoms with Crippen molar-refractivity contribution in [2.75, 3.05) is 0 Å². The van der Waals surface area contributed by atoms with E-state index in [1.807, 2.05) is 50.2 Å². The van der Waals surface area contributed by atoms with Crippen LogP contribution in [0, 0.1) is 5.92 Å². The van der Waals surface area contributed by atoms with Crippen LogP contribution in [0.15, 0.2) is 72.8 Å². The second-order valence-electron chi connectivity index (χ2n) is 9.10. The number of unbranched alkanes of at least 4 members (excludes halogenated alkanes) is 3. The van der Waals surface area contributed by atoms with Crippen LogP contribution in [0.25, 0.3) is 0 Å². The highest BCUT2D eigenvalue weighted by molar-refractivity contribution is 5.90. The molecule has 0 aromatic heterocycles.